The first kappa shape index (κ1) is 22.8. The molecular weight excluding hydrogens is 508 g/mol. The molecule has 8 nitrogen and oxygen atoms in total. The molecule has 1 fully saturated rings. The Hall–Kier alpha value is -3.01. The highest BCUT2D eigenvalue weighted by molar-refractivity contribution is 9.10. The zero-order valence-corrected chi connectivity index (χ0v) is 20.2. The molecule has 0 radical (unpaired) electrons. The number of carbonyl (C=O) groups is 1. The lowest BCUT2D eigenvalue weighted by molar-refractivity contribution is -0.165. The fourth-order valence-electron chi connectivity index (χ4n) is 5.51. The van der Waals surface area contributed by atoms with Crippen molar-refractivity contribution in [2.45, 2.75) is 23.2 Å². The van der Waals surface area contributed by atoms with Crippen LogP contribution < -0.4 is 14.2 Å². The molecule has 1 aliphatic heterocycles. The van der Waals surface area contributed by atoms with Crippen molar-refractivity contribution in [3.8, 4) is 17.2 Å². The zero-order chi connectivity index (χ0) is 24.3. The SMILES string of the molecule is COC(=O)[C@@H]1[C@@H](c2ccccc2)C2(c3ccc(Br)o3)Oc3cc(OC)cc(OC)c3[C@]2(O)[C@@H]1O. The number of hydrogen-bond acceptors (Lipinski definition) is 8. The molecular formula is C25H23BrO8. The van der Waals surface area contributed by atoms with Crippen LogP contribution in [0, 0.1) is 5.92 Å². The van der Waals surface area contributed by atoms with Gasteiger partial charge < -0.3 is 33.6 Å². The second-order valence-corrected chi connectivity index (χ2v) is 9.07. The smallest absolute Gasteiger partial charge is 0.312 e. The third-order valence-electron chi connectivity index (χ3n) is 6.85. The summed E-state index contributed by atoms with van der Waals surface area (Å²) in [5.41, 5.74) is -3.03. The van der Waals surface area contributed by atoms with Crippen molar-refractivity contribution in [1.29, 1.82) is 0 Å². The number of aliphatic hydroxyl groups is 2. The summed E-state index contributed by atoms with van der Waals surface area (Å²) in [4.78, 5) is 13.1. The standard InChI is InChI=1S/C25H23BrO8/c1-30-14-11-15(31-2)21-16(12-14)34-25(17-9-10-18(26)33-17)20(13-7-5-4-6-8-13)19(23(28)32-3)22(27)24(21,25)29/h4-12,19-20,22,27,29H,1-3H3/t19-,20-,22-,24+,25?/m1/s1. The minimum Gasteiger partial charge on any atom is -0.496 e. The Kier molecular flexibility index (Phi) is 5.38. The molecule has 9 heteroatoms. The normalized spacial score (nSPS) is 29.2. The summed E-state index contributed by atoms with van der Waals surface area (Å²) in [5.74, 6) is -1.62. The fourth-order valence-corrected chi connectivity index (χ4v) is 5.82. The third kappa shape index (κ3) is 2.80. The maximum Gasteiger partial charge on any atom is 0.312 e. The second kappa shape index (κ2) is 8.04. The monoisotopic (exact) mass is 530 g/mol. The van der Waals surface area contributed by atoms with E-state index in [4.69, 9.17) is 23.4 Å². The molecule has 0 bridgehead atoms. The summed E-state index contributed by atoms with van der Waals surface area (Å²) in [6.07, 6.45) is -1.63. The van der Waals surface area contributed by atoms with Crippen LogP contribution in [0.2, 0.25) is 0 Å². The fraction of sp³-hybridized carbons (Fsp3) is 0.320. The Morgan fingerprint density at radius 1 is 1.06 bits per heavy atom. The minimum atomic E-state index is -2.14. The van der Waals surface area contributed by atoms with Crippen LogP contribution in [0.15, 0.2) is 63.7 Å². The van der Waals surface area contributed by atoms with Crippen LogP contribution in [0.25, 0.3) is 0 Å². The van der Waals surface area contributed by atoms with Crippen LogP contribution in [0.5, 0.6) is 17.2 Å². The molecule has 34 heavy (non-hydrogen) atoms. The van der Waals surface area contributed by atoms with Gasteiger partial charge in [0.15, 0.2) is 16.0 Å². The maximum absolute atomic E-state index is 13.1. The van der Waals surface area contributed by atoms with E-state index in [1.54, 1.807) is 24.3 Å². The van der Waals surface area contributed by atoms with Gasteiger partial charge in [0.05, 0.1) is 38.7 Å². The number of carbonyl (C=O) groups excluding carboxylic acids is 1. The Balaban J connectivity index is 1.89. The number of aliphatic hydroxyl groups excluding tert-OH is 1. The molecule has 2 aromatic carbocycles. The molecule has 1 saturated carbocycles. The van der Waals surface area contributed by atoms with Gasteiger partial charge >= 0.3 is 5.97 Å². The van der Waals surface area contributed by atoms with Gasteiger partial charge in [-0.05, 0) is 33.6 Å². The summed E-state index contributed by atoms with van der Waals surface area (Å²) in [5, 5.41) is 24.2. The highest BCUT2D eigenvalue weighted by atomic mass is 79.9. The molecule has 2 N–H and O–H groups in total. The Bertz CT molecular complexity index is 1240. The summed E-state index contributed by atoms with van der Waals surface area (Å²) in [6.45, 7) is 0. The lowest BCUT2D eigenvalue weighted by Gasteiger charge is -2.38. The van der Waals surface area contributed by atoms with E-state index in [1.807, 2.05) is 30.3 Å². The second-order valence-electron chi connectivity index (χ2n) is 8.29. The number of esters is 1. The number of hydrogen-bond donors (Lipinski definition) is 2. The van der Waals surface area contributed by atoms with Crippen molar-refractivity contribution >= 4 is 21.9 Å². The van der Waals surface area contributed by atoms with Crippen LogP contribution in [-0.2, 0) is 20.7 Å². The summed E-state index contributed by atoms with van der Waals surface area (Å²) in [6, 6.07) is 15.6. The number of methoxy groups -OCH3 is 3. The zero-order valence-electron chi connectivity index (χ0n) is 18.7. The molecule has 2 heterocycles. The number of rotatable bonds is 5. The molecule has 178 valence electrons. The number of benzene rings is 2. The van der Waals surface area contributed by atoms with E-state index in [2.05, 4.69) is 15.9 Å². The summed E-state index contributed by atoms with van der Waals surface area (Å²) in [7, 11) is 4.18. The molecule has 3 aromatic rings. The first-order valence-electron chi connectivity index (χ1n) is 10.6. The molecule has 5 atom stereocenters. The van der Waals surface area contributed by atoms with Crippen molar-refractivity contribution in [3.05, 3.63) is 76.2 Å². The van der Waals surface area contributed by atoms with E-state index in [1.165, 1.54) is 21.3 Å². The molecule has 0 amide bonds. The molecule has 5 rings (SSSR count). The highest BCUT2D eigenvalue weighted by Gasteiger charge is 2.79. The highest BCUT2D eigenvalue weighted by Crippen LogP contribution is 2.70. The van der Waals surface area contributed by atoms with Crippen LogP contribution >= 0.6 is 15.9 Å². The maximum atomic E-state index is 13.1. The topological polar surface area (TPSA) is 108 Å². The lowest BCUT2D eigenvalue weighted by atomic mass is 9.73. The largest absolute Gasteiger partial charge is 0.496 e. The minimum absolute atomic E-state index is 0.197. The molecule has 1 unspecified atom stereocenters. The van der Waals surface area contributed by atoms with Crippen LogP contribution in [0.3, 0.4) is 0 Å². The van der Waals surface area contributed by atoms with Gasteiger partial charge in [0.1, 0.15) is 23.4 Å². The Labute approximate surface area is 204 Å². The quantitative estimate of drug-likeness (QED) is 0.482. The molecule has 0 spiro atoms. The van der Waals surface area contributed by atoms with Crippen LogP contribution in [0.4, 0.5) is 0 Å². The third-order valence-corrected chi connectivity index (χ3v) is 7.28. The number of ether oxygens (including phenoxy) is 4. The van der Waals surface area contributed by atoms with Gasteiger partial charge in [0.2, 0.25) is 5.60 Å². The van der Waals surface area contributed by atoms with E-state index in [0.717, 1.165) is 0 Å². The van der Waals surface area contributed by atoms with Crippen molar-refractivity contribution in [3.63, 3.8) is 0 Å². The van der Waals surface area contributed by atoms with Gasteiger partial charge in [-0.25, -0.2) is 0 Å². The van der Waals surface area contributed by atoms with Gasteiger partial charge in [-0.3, -0.25) is 4.79 Å². The van der Waals surface area contributed by atoms with Gasteiger partial charge in [0, 0.05) is 12.1 Å². The van der Waals surface area contributed by atoms with E-state index >= 15 is 0 Å². The molecule has 1 aromatic heterocycles. The number of fused-ring (bicyclic) bond motifs is 3. The van der Waals surface area contributed by atoms with Crippen LogP contribution in [0.1, 0.15) is 22.8 Å². The predicted molar refractivity (Wildman–Crippen MR) is 123 cm³/mol. The first-order valence-corrected chi connectivity index (χ1v) is 11.4. The number of furan rings is 1. The molecule has 1 aliphatic carbocycles. The van der Waals surface area contributed by atoms with Crippen molar-refractivity contribution in [1.82, 2.24) is 0 Å². The average molecular weight is 531 g/mol. The van der Waals surface area contributed by atoms with E-state index in [-0.39, 0.29) is 22.8 Å². The van der Waals surface area contributed by atoms with Crippen molar-refractivity contribution in [2.75, 3.05) is 21.3 Å². The van der Waals surface area contributed by atoms with Gasteiger partial charge in [-0.1, -0.05) is 30.3 Å². The average Bonchev–Trinajstić information content (AvgIpc) is 3.46. The Morgan fingerprint density at radius 3 is 2.38 bits per heavy atom. The molecule has 0 saturated heterocycles. The number of halogens is 1. The summed E-state index contributed by atoms with van der Waals surface area (Å²) < 4.78 is 29.0. The van der Waals surface area contributed by atoms with Gasteiger partial charge in [0.25, 0.3) is 0 Å². The summed E-state index contributed by atoms with van der Waals surface area (Å²) >= 11 is 3.32. The lowest BCUT2D eigenvalue weighted by Crippen LogP contribution is -2.52. The van der Waals surface area contributed by atoms with Crippen molar-refractivity contribution in [2.24, 2.45) is 5.92 Å². The predicted octanol–water partition coefficient (Wildman–Crippen LogP) is 3.48. The molecule has 2 aliphatic rings. The van der Waals surface area contributed by atoms with E-state index < -0.39 is 35.1 Å². The van der Waals surface area contributed by atoms with E-state index in [0.29, 0.717) is 16.0 Å². The first-order chi connectivity index (χ1) is 16.3. The van der Waals surface area contributed by atoms with Crippen molar-refractivity contribution < 1.29 is 38.4 Å². The van der Waals surface area contributed by atoms with E-state index in [9.17, 15) is 15.0 Å². The van der Waals surface area contributed by atoms with Gasteiger partial charge in [-0.2, -0.15) is 0 Å². The van der Waals surface area contributed by atoms with Gasteiger partial charge in [-0.15, -0.1) is 0 Å². The Morgan fingerprint density at radius 2 is 1.79 bits per heavy atom. The van der Waals surface area contributed by atoms with Crippen LogP contribution in [-0.4, -0.2) is 43.6 Å².